The van der Waals surface area contributed by atoms with Gasteiger partial charge in [-0.1, -0.05) is 0 Å². The molecule has 4 aliphatic rings. The van der Waals surface area contributed by atoms with Crippen LogP contribution in [0.1, 0.15) is 19.8 Å². The van der Waals surface area contributed by atoms with E-state index in [-0.39, 0.29) is 268 Å². The Morgan fingerprint density at radius 3 is 0.486 bits per heavy atom. The number of hydrogen-bond donors (Lipinski definition) is 14. The molecule has 4 rings (SSSR count). The first-order valence-corrected chi connectivity index (χ1v) is 45.3. The van der Waals surface area contributed by atoms with Crippen LogP contribution in [0.5, 0.6) is 0 Å². The quantitative estimate of drug-likeness (QED) is 0.0269. The molecular weight excluding hydrogens is 1970 g/mol. The normalized spacial score (nSPS) is 18.2. The van der Waals surface area contributed by atoms with E-state index in [9.17, 15) is 152 Å². The molecule has 0 bridgehead atoms. The molecule has 138 heavy (non-hydrogen) atoms. The topological polar surface area (TPSA) is 665 Å². The number of hydrogen-bond acceptors (Lipinski definition) is 36. The Balaban J connectivity index is 0.0000490. The van der Waals surface area contributed by atoms with E-state index in [2.05, 4.69) is 16.0 Å². The Bertz CT molecular complexity index is 3400. The van der Waals surface area contributed by atoms with Crippen LogP contribution in [0.4, 0.5) is 0 Å². The smallest absolute Gasteiger partial charge is 0.480 e. The Hall–Kier alpha value is -9.52. The van der Waals surface area contributed by atoms with Gasteiger partial charge in [0.25, 0.3) is 0 Å². The SMILES string of the molecule is CC(=O)CN1CCN(CC(=O)O)CCN(CC(=O)N(C)CC(=O)NCC(CCC(=O)CN(C)C(=O)CN2CCN(CC(=O)O)CCN(CC(=O)O)CCN(CC(=O)O)CC2)(CNC(=O)CN(C)C(=O)CN2CCN(CC(=O)O)CCN(CC(=O)O)CCN(CC(=O)O)CC2)CNC(=O)CN(C)C(=O)CN2CCN(CC(=O)O)CCN(CC(=O)O)CCN(CC(=O)O)CC2)CCN(CC(=O)O)CC1.[Gd+3]. The van der Waals surface area contributed by atoms with Crippen LogP contribution in [-0.2, 0) is 95.9 Å². The summed E-state index contributed by atoms with van der Waals surface area (Å²) in [4.78, 5) is 291. The van der Waals surface area contributed by atoms with Crippen LogP contribution in [0.3, 0.4) is 0 Å². The number of nitrogens with zero attached hydrogens (tertiary/aromatic N) is 20. The van der Waals surface area contributed by atoms with Gasteiger partial charge in [0.05, 0.1) is 131 Å². The van der Waals surface area contributed by atoms with Crippen molar-refractivity contribution in [1.29, 1.82) is 0 Å². The third kappa shape index (κ3) is 54.9. The molecule has 14 N–H and O–H groups in total. The molecule has 1 radical (unpaired) electrons. The van der Waals surface area contributed by atoms with E-state index in [0.29, 0.717) is 0 Å². The Labute approximate surface area is 833 Å². The number of rotatable bonds is 49. The van der Waals surface area contributed by atoms with Gasteiger partial charge in [0, 0.05) is 269 Å². The van der Waals surface area contributed by atoms with Gasteiger partial charge in [-0.15, -0.1) is 0 Å². The van der Waals surface area contributed by atoms with Crippen molar-refractivity contribution in [3.05, 3.63) is 0 Å². The second-order valence-corrected chi connectivity index (χ2v) is 35.3. The summed E-state index contributed by atoms with van der Waals surface area (Å²) in [5, 5.41) is 116. The second-order valence-electron chi connectivity index (χ2n) is 35.3. The molecule has 0 atom stereocenters. The largest absolute Gasteiger partial charge is 3.00 e. The number of Topliss-reactive ketones (excluding diaryl/α,β-unsaturated/α-hetero) is 2. The minimum absolute atomic E-state index is 0. The van der Waals surface area contributed by atoms with Gasteiger partial charge in [0.2, 0.25) is 41.4 Å². The number of aliphatic carboxylic acids is 11. The van der Waals surface area contributed by atoms with Crippen molar-refractivity contribution in [1.82, 2.24) is 114 Å². The number of amides is 7. The third-order valence-corrected chi connectivity index (χ3v) is 23.7. The summed E-state index contributed by atoms with van der Waals surface area (Å²) in [6, 6.07) is 0. The maximum atomic E-state index is 14.8. The van der Waals surface area contributed by atoms with Crippen molar-refractivity contribution in [2.24, 2.45) is 5.41 Å². The summed E-state index contributed by atoms with van der Waals surface area (Å²) in [6.45, 7) is -7.23. The summed E-state index contributed by atoms with van der Waals surface area (Å²) in [5.41, 5.74) is -1.74. The fourth-order valence-electron chi connectivity index (χ4n) is 15.7. The number of carboxylic acids is 11. The van der Waals surface area contributed by atoms with Gasteiger partial charge in [-0.25, -0.2) is 0 Å². The number of ketones is 2. The van der Waals surface area contributed by atoms with E-state index in [1.165, 1.54) is 35.1 Å². The van der Waals surface area contributed by atoms with E-state index < -0.39 is 268 Å². The second kappa shape index (κ2) is 65.5. The summed E-state index contributed by atoms with van der Waals surface area (Å²) >= 11 is 0. The van der Waals surface area contributed by atoms with Crippen molar-refractivity contribution in [3.8, 4) is 0 Å². The maximum absolute atomic E-state index is 14.8. The minimum atomic E-state index is -1.74. The molecule has 4 saturated heterocycles. The molecule has 54 nitrogen and oxygen atoms in total. The summed E-state index contributed by atoms with van der Waals surface area (Å²) in [7, 11) is 5.19. The molecule has 781 valence electrons. The van der Waals surface area contributed by atoms with E-state index in [4.69, 9.17) is 0 Å². The van der Waals surface area contributed by atoms with Crippen LogP contribution < -0.4 is 16.0 Å². The number of nitrogens with one attached hydrogen (secondary N) is 3. The zero-order valence-electron chi connectivity index (χ0n) is 79.7. The molecule has 7 amide bonds. The van der Waals surface area contributed by atoms with Crippen LogP contribution in [0.25, 0.3) is 0 Å². The van der Waals surface area contributed by atoms with Crippen molar-refractivity contribution in [2.75, 3.05) is 388 Å². The standard InChI is InChI=1S/C83H143N23O31.Gd/c1-63(107)40-91-8-18-96(49-72(116)117)20-12-93(13-21-97(19-9-91)50-73(118)119)46-69(113)88(3)42-65(109)84-60-83(7-6-64(108)41-87(2)68(112)45-92-10-22-98(51-74(120)121)28-34-104(57-80(132)133)35-29-99(23-11-92)52-75(122)123,61-85-66(110)43-89(4)70(114)47-94-14-24-100(53-76(124)125)30-36-105(58-81(134)135)37-31-101(25-15-94)54-77(126)127)62-86-67(111)44-90(5)71(115)48-95-16-26-102(55-78(128)129)32-38-106(59-82(136)137)39-33-103(27-17-95)56-79(130)131;/h6-62H2,1-5H3,(H,84,109)(H,85,110)(H,86,111)(H,116,117)(H,118,119)(H,120,121)(H,122,123)(H,124,125)(H,126,127)(H,128,129)(H,130,131)(H,132,133)(H,134,135)(H,136,137);/q;+3. The van der Waals surface area contributed by atoms with Crippen molar-refractivity contribution in [3.63, 3.8) is 0 Å². The molecule has 4 aliphatic heterocycles. The van der Waals surface area contributed by atoms with Gasteiger partial charge < -0.3 is 91.7 Å². The molecule has 0 aromatic carbocycles. The molecule has 55 heteroatoms. The molecule has 0 unspecified atom stereocenters. The molecule has 0 aromatic heterocycles. The van der Waals surface area contributed by atoms with Crippen LogP contribution in [0.15, 0.2) is 0 Å². The number of carboxylic acid groups (broad SMARTS) is 11. The molecule has 4 heterocycles. The van der Waals surface area contributed by atoms with E-state index in [1.54, 1.807) is 78.4 Å². The fraction of sp³-hybridized carbons (Fsp3) is 0.759. The Morgan fingerprint density at radius 1 is 0.217 bits per heavy atom. The minimum Gasteiger partial charge on any atom is -0.480 e. The summed E-state index contributed by atoms with van der Waals surface area (Å²) in [5.74, 6) is -19.1. The first-order valence-electron chi connectivity index (χ1n) is 45.3. The van der Waals surface area contributed by atoms with Gasteiger partial charge in [-0.3, -0.25) is 174 Å². The first kappa shape index (κ1) is 123. The zero-order chi connectivity index (χ0) is 102. The average molecular weight is 2120 g/mol. The van der Waals surface area contributed by atoms with Gasteiger partial charge in [-0.05, 0) is 13.3 Å². The maximum Gasteiger partial charge on any atom is 3.00 e. The Kier molecular flexibility index (Phi) is 58.2. The number of likely N-dealkylation sites (N-methyl/N-ethyl adjacent to an activating group) is 4. The zero-order valence-corrected chi connectivity index (χ0v) is 82.0. The molecule has 0 aliphatic carbocycles. The van der Waals surface area contributed by atoms with Crippen LogP contribution >= 0.6 is 0 Å². The predicted octanol–water partition coefficient (Wildman–Crippen LogP) is -12.1. The number of carbonyl (C=O) groups excluding carboxylic acids is 9. The van der Waals surface area contributed by atoms with Crippen molar-refractivity contribution < 1.29 is 192 Å². The Morgan fingerprint density at radius 2 is 0.348 bits per heavy atom. The summed E-state index contributed by atoms with van der Waals surface area (Å²) < 4.78 is 0. The van der Waals surface area contributed by atoms with Gasteiger partial charge in [-0.2, -0.15) is 0 Å². The average Bonchev–Trinajstić information content (AvgIpc) is 0.801. The predicted molar refractivity (Wildman–Crippen MR) is 484 cm³/mol. The first-order chi connectivity index (χ1) is 64.6. The molecule has 0 aromatic rings. The van der Waals surface area contributed by atoms with Crippen molar-refractivity contribution in [2.45, 2.75) is 19.8 Å². The fourth-order valence-corrected chi connectivity index (χ4v) is 15.7. The van der Waals surface area contributed by atoms with Crippen molar-refractivity contribution >= 4 is 119 Å². The molecule has 0 spiro atoms. The summed E-state index contributed by atoms with van der Waals surface area (Å²) in [6.07, 6.45) is -0.905. The molecule has 0 saturated carbocycles. The van der Waals surface area contributed by atoms with Gasteiger partial charge in [0.15, 0.2) is 5.78 Å². The van der Waals surface area contributed by atoms with E-state index in [0.717, 1.165) is 19.6 Å². The van der Waals surface area contributed by atoms with E-state index >= 15 is 0 Å². The molecular formula is C83H143GdN23O31+3. The van der Waals surface area contributed by atoms with Gasteiger partial charge in [0.1, 0.15) is 5.78 Å². The number of carbonyl (C=O) groups is 20. The van der Waals surface area contributed by atoms with Gasteiger partial charge >= 0.3 is 106 Å². The third-order valence-electron chi connectivity index (χ3n) is 23.7. The molecule has 4 fully saturated rings. The van der Waals surface area contributed by atoms with Crippen LogP contribution in [-0.4, -0.2) is 661 Å². The van der Waals surface area contributed by atoms with Crippen LogP contribution in [0, 0.1) is 45.4 Å². The van der Waals surface area contributed by atoms with E-state index in [1.807, 2.05) is 0 Å². The van der Waals surface area contributed by atoms with Crippen LogP contribution in [0.2, 0.25) is 0 Å². The monoisotopic (exact) mass is 2120 g/mol.